The summed E-state index contributed by atoms with van der Waals surface area (Å²) in [4.78, 5) is 4.99. The van der Waals surface area contributed by atoms with E-state index in [9.17, 15) is 0 Å². The highest BCUT2D eigenvalue weighted by Crippen LogP contribution is 2.50. The van der Waals surface area contributed by atoms with Crippen LogP contribution in [-0.2, 0) is 0 Å². The Morgan fingerprint density at radius 3 is 1.14 bits per heavy atom. The molecule has 0 atom stereocenters. The second-order valence-corrected chi connectivity index (χ2v) is 14.3. The fourth-order valence-electron chi connectivity index (χ4n) is 8.00. The van der Waals surface area contributed by atoms with Crippen LogP contribution in [0.2, 0.25) is 0 Å². The quantitative estimate of drug-likeness (QED) is 0.151. The molecule has 50 heavy (non-hydrogen) atoms. The summed E-state index contributed by atoms with van der Waals surface area (Å²) in [5.74, 6) is 0.749. The molecule has 0 saturated carbocycles. The van der Waals surface area contributed by atoms with E-state index in [1.807, 2.05) is 0 Å². The van der Waals surface area contributed by atoms with Gasteiger partial charge in [-0.05, 0) is 106 Å². The number of aryl methyl sites for hydroxylation is 2. The van der Waals surface area contributed by atoms with Crippen LogP contribution < -0.4 is 9.80 Å². The molecular weight excluding hydrogens is 605 g/mol. The van der Waals surface area contributed by atoms with Crippen LogP contribution in [-0.4, -0.2) is 0 Å². The van der Waals surface area contributed by atoms with Crippen molar-refractivity contribution in [2.75, 3.05) is 9.80 Å². The molecule has 246 valence electrons. The summed E-state index contributed by atoms with van der Waals surface area (Å²) in [7, 11) is 0. The van der Waals surface area contributed by atoms with Gasteiger partial charge in [-0.2, -0.15) is 0 Å². The van der Waals surface area contributed by atoms with Crippen molar-refractivity contribution < 1.29 is 0 Å². The zero-order valence-corrected chi connectivity index (χ0v) is 29.9. The van der Waals surface area contributed by atoms with Gasteiger partial charge in [0.1, 0.15) is 0 Å². The SMILES string of the molecule is Cc1cccc(C(C)C)c1N(c1ccccc1)c1ccc2ccc3c(N(c4ccccc4)c4c(C)cccc4C(C)C)ccc4ccc1c2c43. The molecule has 0 N–H and O–H groups in total. The monoisotopic (exact) mass is 648 g/mol. The van der Waals surface area contributed by atoms with Gasteiger partial charge in [0, 0.05) is 22.1 Å². The maximum atomic E-state index is 2.50. The minimum Gasteiger partial charge on any atom is -0.309 e. The molecule has 0 aliphatic rings. The van der Waals surface area contributed by atoms with Crippen molar-refractivity contribution in [2.24, 2.45) is 0 Å². The molecule has 0 unspecified atom stereocenters. The molecule has 0 saturated heterocycles. The van der Waals surface area contributed by atoms with E-state index in [1.165, 1.54) is 77.3 Å². The van der Waals surface area contributed by atoms with Gasteiger partial charge in [-0.1, -0.05) is 137 Å². The second kappa shape index (κ2) is 12.7. The second-order valence-electron chi connectivity index (χ2n) is 14.3. The number of hydrogen-bond donors (Lipinski definition) is 0. The molecule has 0 bridgehead atoms. The predicted octanol–water partition coefficient (Wildman–Crippen LogP) is 14.4. The van der Waals surface area contributed by atoms with Crippen LogP contribution in [0.4, 0.5) is 34.1 Å². The standard InChI is InChI=1S/C48H44N2/c1-31(2)39-21-13-15-33(5)47(39)49(37-17-9-7-10-18-37)43-29-25-35-24-28-42-44(30-26-36-23-27-41(43)45(35)46(36)42)50(38-19-11-8-12-20-38)48-34(6)16-14-22-40(48)32(3)4/h7-32H,1-6H3. The van der Waals surface area contributed by atoms with E-state index in [0.29, 0.717) is 11.8 Å². The average molecular weight is 649 g/mol. The van der Waals surface area contributed by atoms with E-state index in [0.717, 1.165) is 11.4 Å². The van der Waals surface area contributed by atoms with Gasteiger partial charge in [-0.25, -0.2) is 0 Å². The molecule has 0 spiro atoms. The summed E-state index contributed by atoms with van der Waals surface area (Å²) in [5.41, 5.74) is 12.5. The molecule has 0 amide bonds. The topological polar surface area (TPSA) is 6.48 Å². The van der Waals surface area contributed by atoms with E-state index >= 15 is 0 Å². The molecule has 0 fully saturated rings. The van der Waals surface area contributed by atoms with Gasteiger partial charge in [0.2, 0.25) is 0 Å². The van der Waals surface area contributed by atoms with Crippen LogP contribution in [0.3, 0.4) is 0 Å². The Morgan fingerprint density at radius 2 is 0.760 bits per heavy atom. The third kappa shape index (κ3) is 5.18. The number of nitrogens with zero attached hydrogens (tertiary/aromatic N) is 2. The zero-order valence-electron chi connectivity index (χ0n) is 29.9. The van der Waals surface area contributed by atoms with Crippen LogP contribution in [0, 0.1) is 13.8 Å². The highest BCUT2D eigenvalue weighted by atomic mass is 15.2. The fourth-order valence-corrected chi connectivity index (χ4v) is 8.00. The summed E-state index contributed by atoms with van der Waals surface area (Å²) < 4.78 is 0. The molecule has 8 aromatic rings. The summed E-state index contributed by atoms with van der Waals surface area (Å²) in [6, 6.07) is 53.8. The van der Waals surface area contributed by atoms with Crippen molar-refractivity contribution >= 4 is 66.4 Å². The van der Waals surface area contributed by atoms with Crippen molar-refractivity contribution in [1.29, 1.82) is 0 Å². The number of para-hydroxylation sites is 4. The lowest BCUT2D eigenvalue weighted by molar-refractivity contribution is 0.862. The largest absolute Gasteiger partial charge is 0.309 e. The van der Waals surface area contributed by atoms with Crippen molar-refractivity contribution in [1.82, 2.24) is 0 Å². The first-order valence-corrected chi connectivity index (χ1v) is 17.9. The normalized spacial score (nSPS) is 11.8. The van der Waals surface area contributed by atoms with Crippen LogP contribution in [0.25, 0.3) is 32.3 Å². The molecule has 8 rings (SSSR count). The molecule has 0 heterocycles. The first-order chi connectivity index (χ1) is 24.3. The Labute approximate surface area is 296 Å². The lowest BCUT2D eigenvalue weighted by Gasteiger charge is -2.33. The summed E-state index contributed by atoms with van der Waals surface area (Å²) in [5, 5.41) is 7.63. The van der Waals surface area contributed by atoms with Gasteiger partial charge in [-0.3, -0.25) is 0 Å². The number of anilines is 6. The number of benzene rings is 8. The van der Waals surface area contributed by atoms with Crippen molar-refractivity contribution in [2.45, 2.75) is 53.4 Å². The Kier molecular flexibility index (Phi) is 8.04. The van der Waals surface area contributed by atoms with Crippen molar-refractivity contribution in [3.63, 3.8) is 0 Å². The van der Waals surface area contributed by atoms with Crippen molar-refractivity contribution in [3.05, 3.63) is 168 Å². The number of rotatable bonds is 8. The van der Waals surface area contributed by atoms with Gasteiger partial charge in [-0.15, -0.1) is 0 Å². The van der Waals surface area contributed by atoms with Crippen LogP contribution in [0.15, 0.2) is 146 Å². The van der Waals surface area contributed by atoms with Gasteiger partial charge in [0.25, 0.3) is 0 Å². The van der Waals surface area contributed by atoms with E-state index in [-0.39, 0.29) is 0 Å². The Morgan fingerprint density at radius 1 is 0.380 bits per heavy atom. The average Bonchev–Trinajstić information content (AvgIpc) is 3.13. The summed E-state index contributed by atoms with van der Waals surface area (Å²) >= 11 is 0. The Bertz CT molecular complexity index is 2280. The molecule has 0 aliphatic carbocycles. The third-order valence-corrected chi connectivity index (χ3v) is 10.4. The highest BCUT2D eigenvalue weighted by Gasteiger charge is 2.25. The minimum atomic E-state index is 0.375. The lowest BCUT2D eigenvalue weighted by Crippen LogP contribution is -2.15. The van der Waals surface area contributed by atoms with Crippen LogP contribution in [0.5, 0.6) is 0 Å². The van der Waals surface area contributed by atoms with E-state index in [4.69, 9.17) is 0 Å². The molecular formula is C48H44N2. The fraction of sp³-hybridized carbons (Fsp3) is 0.167. The molecule has 8 aromatic carbocycles. The lowest BCUT2D eigenvalue weighted by atomic mass is 9.90. The molecule has 2 heteroatoms. The number of hydrogen-bond acceptors (Lipinski definition) is 2. The Balaban J connectivity index is 1.45. The van der Waals surface area contributed by atoms with Gasteiger partial charge in [0.15, 0.2) is 0 Å². The first kappa shape index (κ1) is 31.7. The smallest absolute Gasteiger partial charge is 0.0540 e. The van der Waals surface area contributed by atoms with E-state index in [2.05, 4.69) is 197 Å². The van der Waals surface area contributed by atoms with Crippen LogP contribution >= 0.6 is 0 Å². The highest BCUT2D eigenvalue weighted by molar-refractivity contribution is 6.28. The summed E-state index contributed by atoms with van der Waals surface area (Å²) in [6.45, 7) is 13.7. The van der Waals surface area contributed by atoms with Crippen LogP contribution in [0.1, 0.15) is 61.8 Å². The Hall–Kier alpha value is -5.60. The molecule has 0 aliphatic heterocycles. The molecule has 0 radical (unpaired) electrons. The predicted molar refractivity (Wildman–Crippen MR) is 217 cm³/mol. The molecule has 0 aromatic heterocycles. The maximum Gasteiger partial charge on any atom is 0.0540 e. The minimum absolute atomic E-state index is 0.375. The van der Waals surface area contributed by atoms with E-state index in [1.54, 1.807) is 0 Å². The molecule has 2 nitrogen and oxygen atoms in total. The summed E-state index contributed by atoms with van der Waals surface area (Å²) in [6.07, 6.45) is 0. The van der Waals surface area contributed by atoms with E-state index < -0.39 is 0 Å². The first-order valence-electron chi connectivity index (χ1n) is 17.9. The third-order valence-electron chi connectivity index (χ3n) is 10.4. The van der Waals surface area contributed by atoms with Crippen molar-refractivity contribution in [3.8, 4) is 0 Å². The maximum absolute atomic E-state index is 2.50. The zero-order chi connectivity index (χ0) is 34.5. The van der Waals surface area contributed by atoms with Gasteiger partial charge >= 0.3 is 0 Å². The van der Waals surface area contributed by atoms with Gasteiger partial charge < -0.3 is 9.80 Å². The van der Waals surface area contributed by atoms with Gasteiger partial charge in [0.05, 0.1) is 22.7 Å².